The third-order valence-corrected chi connectivity index (χ3v) is 3.79. The third kappa shape index (κ3) is 2.94. The van der Waals surface area contributed by atoms with Gasteiger partial charge in [0.15, 0.2) is 0 Å². The molecular weight excluding hydrogens is 258 g/mol. The number of anilines is 1. The van der Waals surface area contributed by atoms with Gasteiger partial charge < -0.3 is 9.64 Å². The molecule has 0 saturated carbocycles. The monoisotopic (exact) mass is 271 g/mol. The zero-order valence-electron chi connectivity index (χ0n) is 9.61. The first-order valence-electron chi connectivity index (χ1n) is 5.53. The Morgan fingerprint density at radius 1 is 1.59 bits per heavy atom. The zero-order valence-corrected chi connectivity index (χ0v) is 11.2. The van der Waals surface area contributed by atoms with Crippen molar-refractivity contribution in [2.45, 2.75) is 11.8 Å². The van der Waals surface area contributed by atoms with E-state index in [-0.39, 0.29) is 12.5 Å². The summed E-state index contributed by atoms with van der Waals surface area (Å²) in [4.78, 5) is 14.8. The largest absolute Gasteiger partial charge is 0.372 e. The number of hydrogen-bond acceptors (Lipinski definition) is 3. The van der Waals surface area contributed by atoms with Crippen LogP contribution in [0, 0.1) is 0 Å². The van der Waals surface area contributed by atoms with Gasteiger partial charge in [-0.25, -0.2) is 0 Å². The Bertz CT molecular complexity index is 425. The molecule has 2 rings (SSSR count). The topological polar surface area (TPSA) is 29.5 Å². The molecule has 0 spiro atoms. The number of ether oxygens (including phenoxy) is 1. The molecule has 0 fully saturated rings. The normalized spacial score (nSPS) is 14.6. The summed E-state index contributed by atoms with van der Waals surface area (Å²) in [6, 6.07) is 5.65. The molecule has 0 aliphatic carbocycles. The molecule has 92 valence electrons. The number of hydrogen-bond donors (Lipinski definition) is 0. The van der Waals surface area contributed by atoms with Gasteiger partial charge in [-0.15, -0.1) is 11.8 Å². The summed E-state index contributed by atoms with van der Waals surface area (Å²) in [6.07, 6.45) is 0. The Morgan fingerprint density at radius 2 is 2.41 bits per heavy atom. The highest BCUT2D eigenvalue weighted by atomic mass is 35.5. The molecule has 3 nitrogen and oxygen atoms in total. The molecule has 0 N–H and O–H groups in total. The van der Waals surface area contributed by atoms with Crippen LogP contribution >= 0.6 is 23.4 Å². The maximum Gasteiger partial charge on any atom is 0.253 e. The fourth-order valence-electron chi connectivity index (χ4n) is 1.72. The van der Waals surface area contributed by atoms with Crippen LogP contribution in [0.1, 0.15) is 6.92 Å². The van der Waals surface area contributed by atoms with Crippen molar-refractivity contribution in [3.8, 4) is 0 Å². The van der Waals surface area contributed by atoms with Crippen molar-refractivity contribution < 1.29 is 9.53 Å². The van der Waals surface area contributed by atoms with E-state index in [0.717, 1.165) is 16.3 Å². The Hall–Kier alpha value is -0.710. The zero-order chi connectivity index (χ0) is 12.3. The summed E-state index contributed by atoms with van der Waals surface area (Å²) in [5.74, 6) is 0.905. The highest BCUT2D eigenvalue weighted by Gasteiger charge is 2.22. The highest BCUT2D eigenvalue weighted by Crippen LogP contribution is 2.36. The second-order valence-corrected chi connectivity index (χ2v) is 5.22. The molecular formula is C12H14ClNO2S. The molecule has 0 bridgehead atoms. The molecule has 17 heavy (non-hydrogen) atoms. The lowest BCUT2D eigenvalue weighted by atomic mass is 10.2. The predicted molar refractivity (Wildman–Crippen MR) is 71.0 cm³/mol. The van der Waals surface area contributed by atoms with Gasteiger partial charge in [0, 0.05) is 28.8 Å². The van der Waals surface area contributed by atoms with E-state index in [1.165, 1.54) is 0 Å². The summed E-state index contributed by atoms with van der Waals surface area (Å²) < 4.78 is 5.16. The van der Waals surface area contributed by atoms with Crippen LogP contribution in [0.5, 0.6) is 0 Å². The van der Waals surface area contributed by atoms with Gasteiger partial charge in [0.1, 0.15) is 6.61 Å². The molecule has 0 saturated heterocycles. The van der Waals surface area contributed by atoms with Crippen molar-refractivity contribution in [1.82, 2.24) is 0 Å². The molecule has 1 amide bonds. The molecule has 0 aromatic heterocycles. The molecule has 1 heterocycles. The molecule has 0 atom stereocenters. The minimum atomic E-state index is -0.00401. The summed E-state index contributed by atoms with van der Waals surface area (Å²) in [6.45, 7) is 3.28. The Morgan fingerprint density at radius 3 is 3.18 bits per heavy atom. The van der Waals surface area contributed by atoms with Crippen molar-refractivity contribution in [3.63, 3.8) is 0 Å². The van der Waals surface area contributed by atoms with Crippen molar-refractivity contribution >= 4 is 35.0 Å². The summed E-state index contributed by atoms with van der Waals surface area (Å²) >= 11 is 7.72. The molecule has 1 aromatic rings. The van der Waals surface area contributed by atoms with Crippen LogP contribution in [0.3, 0.4) is 0 Å². The van der Waals surface area contributed by atoms with Gasteiger partial charge in [-0.3, -0.25) is 4.79 Å². The minimum Gasteiger partial charge on any atom is -0.372 e. The quantitative estimate of drug-likeness (QED) is 0.847. The average Bonchev–Trinajstić information content (AvgIpc) is 2.35. The Kier molecular flexibility index (Phi) is 4.31. The van der Waals surface area contributed by atoms with E-state index in [9.17, 15) is 4.79 Å². The molecule has 1 aliphatic heterocycles. The van der Waals surface area contributed by atoms with Crippen LogP contribution in [0.2, 0.25) is 5.02 Å². The summed E-state index contributed by atoms with van der Waals surface area (Å²) in [5.41, 5.74) is 0.901. The maximum atomic E-state index is 12.0. The lowest BCUT2D eigenvalue weighted by molar-refractivity contribution is -0.122. The second-order valence-electron chi connectivity index (χ2n) is 3.64. The lowest BCUT2D eigenvalue weighted by Crippen LogP contribution is -2.37. The Balaban J connectivity index is 2.21. The van der Waals surface area contributed by atoms with Crippen LogP contribution in [-0.2, 0) is 9.53 Å². The summed E-state index contributed by atoms with van der Waals surface area (Å²) in [5, 5.41) is 0.653. The molecule has 5 heteroatoms. The van der Waals surface area contributed by atoms with E-state index in [0.29, 0.717) is 18.2 Å². The highest BCUT2D eigenvalue weighted by molar-refractivity contribution is 7.99. The predicted octanol–water partition coefficient (Wildman–Crippen LogP) is 2.82. The van der Waals surface area contributed by atoms with Crippen LogP contribution in [0.25, 0.3) is 0 Å². The number of thioether (sulfide) groups is 1. The van der Waals surface area contributed by atoms with Gasteiger partial charge in [-0.2, -0.15) is 0 Å². The van der Waals surface area contributed by atoms with E-state index in [4.69, 9.17) is 16.3 Å². The number of carbonyl (C=O) groups is 1. The lowest BCUT2D eigenvalue weighted by Gasteiger charge is -2.29. The van der Waals surface area contributed by atoms with E-state index in [2.05, 4.69) is 0 Å². The van der Waals surface area contributed by atoms with Crippen molar-refractivity contribution in [1.29, 1.82) is 0 Å². The molecule has 1 aliphatic rings. The van der Waals surface area contributed by atoms with Crippen LogP contribution in [0.15, 0.2) is 23.1 Å². The van der Waals surface area contributed by atoms with Gasteiger partial charge in [0.05, 0.1) is 5.69 Å². The van der Waals surface area contributed by atoms with Crippen LogP contribution < -0.4 is 4.90 Å². The van der Waals surface area contributed by atoms with Gasteiger partial charge in [-0.1, -0.05) is 11.6 Å². The van der Waals surface area contributed by atoms with Gasteiger partial charge in [-0.05, 0) is 25.1 Å². The first-order chi connectivity index (χ1) is 8.22. The van der Waals surface area contributed by atoms with Crippen LogP contribution in [0.4, 0.5) is 5.69 Å². The van der Waals surface area contributed by atoms with E-state index in [1.807, 2.05) is 25.1 Å². The minimum absolute atomic E-state index is 0.00401. The van der Waals surface area contributed by atoms with E-state index < -0.39 is 0 Å². The number of rotatable bonds is 3. The first kappa shape index (κ1) is 12.7. The first-order valence-corrected chi connectivity index (χ1v) is 6.89. The smallest absolute Gasteiger partial charge is 0.253 e. The number of halogens is 1. The van der Waals surface area contributed by atoms with Gasteiger partial charge in [0.2, 0.25) is 0 Å². The molecule has 0 radical (unpaired) electrons. The average molecular weight is 272 g/mol. The van der Waals surface area contributed by atoms with Crippen molar-refractivity contribution in [3.05, 3.63) is 23.2 Å². The SMILES string of the molecule is CCOCC(=O)N1CCSc2ccc(Cl)cc21. The maximum absolute atomic E-state index is 12.0. The fraction of sp³-hybridized carbons (Fsp3) is 0.417. The number of amides is 1. The second kappa shape index (κ2) is 5.76. The van der Waals surface area contributed by atoms with Crippen molar-refractivity contribution in [2.75, 3.05) is 30.4 Å². The third-order valence-electron chi connectivity index (χ3n) is 2.51. The fourth-order valence-corrected chi connectivity index (χ4v) is 2.86. The number of fused-ring (bicyclic) bond motifs is 1. The molecule has 0 unspecified atom stereocenters. The van der Waals surface area contributed by atoms with Gasteiger partial charge in [0.25, 0.3) is 5.91 Å². The number of benzene rings is 1. The Labute approximate surface area is 110 Å². The van der Waals surface area contributed by atoms with Gasteiger partial charge >= 0.3 is 0 Å². The number of nitrogens with zero attached hydrogens (tertiary/aromatic N) is 1. The standard InChI is InChI=1S/C12H14ClNO2S/c1-2-16-8-12(15)14-5-6-17-11-4-3-9(13)7-10(11)14/h3-4,7H,2,5-6,8H2,1H3. The molecule has 1 aromatic carbocycles. The van der Waals surface area contributed by atoms with Crippen molar-refractivity contribution in [2.24, 2.45) is 0 Å². The summed E-state index contributed by atoms with van der Waals surface area (Å²) in [7, 11) is 0. The van der Waals surface area contributed by atoms with Crippen LogP contribution in [-0.4, -0.2) is 31.4 Å². The number of carbonyl (C=O) groups excluding carboxylic acids is 1. The van der Waals surface area contributed by atoms with E-state index >= 15 is 0 Å². The van der Waals surface area contributed by atoms with E-state index in [1.54, 1.807) is 16.7 Å².